The van der Waals surface area contributed by atoms with Crippen molar-refractivity contribution in [2.24, 2.45) is 0 Å². The lowest BCUT2D eigenvalue weighted by Gasteiger charge is -2.11. The van der Waals surface area contributed by atoms with Gasteiger partial charge in [0.05, 0.1) is 11.4 Å². The van der Waals surface area contributed by atoms with Gasteiger partial charge >= 0.3 is 0 Å². The van der Waals surface area contributed by atoms with Crippen molar-refractivity contribution in [3.05, 3.63) is 40.4 Å². The van der Waals surface area contributed by atoms with Gasteiger partial charge in [0.2, 0.25) is 0 Å². The fourth-order valence-electron chi connectivity index (χ4n) is 1.53. The van der Waals surface area contributed by atoms with Gasteiger partial charge in [0.25, 0.3) is 5.56 Å². The number of aromatic nitrogens is 2. The summed E-state index contributed by atoms with van der Waals surface area (Å²) in [5, 5.41) is 9.49. The van der Waals surface area contributed by atoms with Crippen molar-refractivity contribution in [3.63, 3.8) is 0 Å². The van der Waals surface area contributed by atoms with E-state index >= 15 is 0 Å². The molecule has 2 rings (SSSR count). The van der Waals surface area contributed by atoms with Gasteiger partial charge in [-0.25, -0.2) is 4.98 Å². The molecule has 80 valence electrons. The lowest BCUT2D eigenvalue weighted by Crippen LogP contribution is -2.10. The van der Waals surface area contributed by atoms with Crippen LogP contribution in [-0.4, -0.2) is 20.4 Å². The number of hydrogen-bond acceptors (Lipinski definition) is 3. The van der Waals surface area contributed by atoms with Gasteiger partial charge in [-0.15, -0.1) is 0 Å². The van der Waals surface area contributed by atoms with Crippen molar-refractivity contribution in [1.29, 1.82) is 0 Å². The van der Waals surface area contributed by atoms with Gasteiger partial charge in [0.15, 0.2) is 0 Å². The maximum atomic E-state index is 11.0. The van der Waals surface area contributed by atoms with Crippen LogP contribution in [-0.2, 0) is 6.42 Å². The predicted octanol–water partition coefficient (Wildman–Crippen LogP) is 0.323. The molecule has 2 aliphatic rings. The molecule has 0 aromatic heterocycles. The number of pyridine rings is 2. The van der Waals surface area contributed by atoms with Crippen LogP contribution in [0.5, 0.6) is 0 Å². The smallest absolute Gasteiger partial charge is 0.270 e. The first kappa shape index (κ1) is 11.2. The highest BCUT2D eigenvalue weighted by atomic mass is 16.5. The summed E-state index contributed by atoms with van der Waals surface area (Å²) in [6, 6.07) is 4.72. The van der Waals surface area contributed by atoms with Gasteiger partial charge in [0.1, 0.15) is 0 Å². The molecule has 2 heterocycles. The normalized spacial score (nSPS) is 9.93. The Morgan fingerprint density at radius 1 is 1.40 bits per heavy atom. The summed E-state index contributed by atoms with van der Waals surface area (Å²) < 4.78 is 1.06. The summed E-state index contributed by atoms with van der Waals surface area (Å²) in [6.07, 6.45) is 2.18. The zero-order chi connectivity index (χ0) is 10.1. The zero-order valence-corrected chi connectivity index (χ0v) is 8.27. The second kappa shape index (κ2) is 4.10. The molecule has 0 bridgehead atoms. The van der Waals surface area contributed by atoms with Crippen molar-refractivity contribution in [1.82, 2.24) is 9.71 Å². The van der Waals surface area contributed by atoms with E-state index in [0.29, 0.717) is 12.1 Å². The first-order chi connectivity index (χ1) is 6.72. The van der Waals surface area contributed by atoms with Crippen LogP contribution in [0.4, 0.5) is 0 Å². The summed E-state index contributed by atoms with van der Waals surface area (Å²) >= 11 is 0. The van der Waals surface area contributed by atoms with Crippen molar-refractivity contribution >= 4 is 0 Å². The molecule has 0 unspecified atom stereocenters. The molecule has 5 heteroatoms. The fraction of sp³-hybridized carbons (Fsp3) is 0.200. The third-order valence-corrected chi connectivity index (χ3v) is 2.20. The molecule has 0 atom stereocenters. The Morgan fingerprint density at radius 3 is 2.80 bits per heavy atom. The molecule has 0 saturated carbocycles. The van der Waals surface area contributed by atoms with Crippen LogP contribution in [0.1, 0.15) is 12.6 Å². The van der Waals surface area contributed by atoms with E-state index in [1.165, 1.54) is 12.3 Å². The number of fused-ring (bicyclic) bond motifs is 1. The van der Waals surface area contributed by atoms with E-state index in [2.05, 4.69) is 4.98 Å². The first-order valence-corrected chi connectivity index (χ1v) is 4.43. The molecular formula is C10H12N2O3. The molecule has 0 radical (unpaired) electrons. The van der Waals surface area contributed by atoms with Crippen LogP contribution in [0.2, 0.25) is 0 Å². The minimum atomic E-state index is -0.254. The van der Waals surface area contributed by atoms with Crippen LogP contribution in [0.3, 0.4) is 0 Å². The van der Waals surface area contributed by atoms with E-state index < -0.39 is 0 Å². The Morgan fingerprint density at radius 2 is 2.13 bits per heavy atom. The van der Waals surface area contributed by atoms with Gasteiger partial charge in [-0.2, -0.15) is 4.73 Å². The fourth-order valence-corrected chi connectivity index (χ4v) is 1.53. The zero-order valence-electron chi connectivity index (χ0n) is 8.27. The molecule has 0 aromatic rings. The molecule has 3 N–H and O–H groups in total. The molecule has 0 saturated heterocycles. The Hall–Kier alpha value is -1.88. The van der Waals surface area contributed by atoms with Crippen molar-refractivity contribution in [3.8, 4) is 11.3 Å². The van der Waals surface area contributed by atoms with Crippen molar-refractivity contribution in [2.45, 2.75) is 13.3 Å². The average Bonchev–Trinajstić information content (AvgIpc) is 2.18. The van der Waals surface area contributed by atoms with Gasteiger partial charge < -0.3 is 10.7 Å². The Bertz CT molecular complexity index is 493. The van der Waals surface area contributed by atoms with Gasteiger partial charge in [0, 0.05) is 17.8 Å². The maximum absolute atomic E-state index is 11.0. The largest absolute Gasteiger partial charge is 0.429 e. The van der Waals surface area contributed by atoms with E-state index in [1.807, 2.05) is 6.92 Å². The minimum absolute atomic E-state index is 0. The van der Waals surface area contributed by atoms with Gasteiger partial charge in [-0.05, 0) is 18.6 Å². The van der Waals surface area contributed by atoms with Crippen LogP contribution in [0, 0.1) is 0 Å². The molecule has 0 fully saturated rings. The topological polar surface area (TPSA) is 86.6 Å². The lowest BCUT2D eigenvalue weighted by molar-refractivity contribution is 0.175. The summed E-state index contributed by atoms with van der Waals surface area (Å²) in [6.45, 7) is 1.94. The van der Waals surface area contributed by atoms with Crippen LogP contribution in [0.15, 0.2) is 29.2 Å². The maximum Gasteiger partial charge on any atom is 0.270 e. The molecule has 0 amide bonds. The average molecular weight is 208 g/mol. The van der Waals surface area contributed by atoms with E-state index in [4.69, 9.17) is 0 Å². The van der Waals surface area contributed by atoms with E-state index in [-0.39, 0.29) is 11.0 Å². The molecule has 0 aromatic carbocycles. The van der Waals surface area contributed by atoms with Crippen molar-refractivity contribution in [2.75, 3.05) is 0 Å². The minimum Gasteiger partial charge on any atom is -0.429 e. The van der Waals surface area contributed by atoms with E-state index in [1.54, 1.807) is 12.1 Å². The van der Waals surface area contributed by atoms with Crippen molar-refractivity contribution < 1.29 is 10.7 Å². The van der Waals surface area contributed by atoms with E-state index in [0.717, 1.165) is 16.0 Å². The highest BCUT2D eigenvalue weighted by Crippen LogP contribution is 2.21. The molecule has 2 aliphatic heterocycles. The Labute approximate surface area is 86.2 Å². The standard InChI is InChI=1S/C10H10N2O2.H2O/c1-2-9-7-3-4-10(13)11-8(7)5-6-12(9)14;/h3-6,14H,2H2,1H3;1H2. The van der Waals surface area contributed by atoms with Crippen LogP contribution < -0.4 is 5.56 Å². The molecular weight excluding hydrogens is 196 g/mol. The van der Waals surface area contributed by atoms with Crippen LogP contribution in [0.25, 0.3) is 11.3 Å². The highest BCUT2D eigenvalue weighted by molar-refractivity contribution is 5.62. The third kappa shape index (κ3) is 1.82. The third-order valence-electron chi connectivity index (χ3n) is 2.20. The number of rotatable bonds is 1. The van der Waals surface area contributed by atoms with Gasteiger partial charge in [-0.1, -0.05) is 6.92 Å². The summed E-state index contributed by atoms with van der Waals surface area (Å²) in [4.78, 5) is 14.8. The quantitative estimate of drug-likeness (QED) is 0.685. The Balaban J connectivity index is 0.00000112. The SMILES string of the molecule is CCc1c2ccc(=O)nc-2ccn1O.O. The molecule has 0 spiro atoms. The molecule has 0 aliphatic carbocycles. The molecule has 15 heavy (non-hydrogen) atoms. The Kier molecular flexibility index (Phi) is 3.06. The highest BCUT2D eigenvalue weighted by Gasteiger charge is 2.10. The second-order valence-electron chi connectivity index (χ2n) is 3.04. The van der Waals surface area contributed by atoms with E-state index in [9.17, 15) is 10.0 Å². The monoisotopic (exact) mass is 208 g/mol. The summed E-state index contributed by atoms with van der Waals surface area (Å²) in [7, 11) is 0. The molecule has 5 nitrogen and oxygen atoms in total. The summed E-state index contributed by atoms with van der Waals surface area (Å²) in [5.74, 6) is 0. The van der Waals surface area contributed by atoms with Crippen LogP contribution >= 0.6 is 0 Å². The lowest BCUT2D eigenvalue weighted by atomic mass is 10.1. The summed E-state index contributed by atoms with van der Waals surface area (Å²) in [5.41, 5.74) is 1.95. The van der Waals surface area contributed by atoms with Gasteiger partial charge in [-0.3, -0.25) is 4.79 Å². The predicted molar refractivity (Wildman–Crippen MR) is 55.3 cm³/mol. The first-order valence-electron chi connectivity index (χ1n) is 4.43. The number of nitrogens with zero attached hydrogens (tertiary/aromatic N) is 2. The number of hydrogen-bond donors (Lipinski definition) is 1. The second-order valence-corrected chi connectivity index (χ2v) is 3.04.